The number of carbonyl (C=O) groups is 4. The number of aliphatic hydroxyl groups is 1. The second-order valence-corrected chi connectivity index (χ2v) is 16.0. The highest BCUT2D eigenvalue weighted by molar-refractivity contribution is 6.30. The molecule has 0 bridgehead atoms. The maximum atomic E-state index is 15.4. The number of benzene rings is 5. The minimum atomic E-state index is -1.52. The molecule has 0 radical (unpaired) electrons. The number of carbonyl (C=O) groups excluding carboxylic acids is 4. The van der Waals surface area contributed by atoms with Crippen LogP contribution in [0.1, 0.15) is 29.9 Å². The summed E-state index contributed by atoms with van der Waals surface area (Å²) in [7, 11) is 0. The fourth-order valence-corrected chi connectivity index (χ4v) is 10.1. The number of hydrazine groups is 1. The minimum Gasteiger partial charge on any atom is -0.491 e. The molecule has 11 nitrogen and oxygen atoms in total. The zero-order valence-electron chi connectivity index (χ0n) is 31.8. The van der Waals surface area contributed by atoms with Gasteiger partial charge in [-0.25, -0.2) is 9.37 Å². The van der Waals surface area contributed by atoms with E-state index in [4.69, 9.17) is 20.8 Å². The van der Waals surface area contributed by atoms with Gasteiger partial charge in [-0.05, 0) is 115 Å². The number of hydrogen-bond acceptors (Lipinski definition) is 9. The van der Waals surface area contributed by atoms with E-state index in [0.717, 1.165) is 10.6 Å². The molecule has 4 aliphatic rings. The molecule has 4 amide bonds. The molecule has 6 atom stereocenters. The number of oxazole rings is 1. The zero-order chi connectivity index (χ0) is 41.3. The first-order valence-electron chi connectivity index (χ1n) is 19.7. The van der Waals surface area contributed by atoms with Crippen LogP contribution in [0.3, 0.4) is 0 Å². The number of aliphatic hydroxyl groups excluding tert-OH is 1. The predicted molar refractivity (Wildman–Crippen MR) is 220 cm³/mol. The lowest BCUT2D eigenvalue weighted by Crippen LogP contribution is -2.53. The molecule has 1 saturated carbocycles. The standard InChI is InChI=1S/C47H36ClFN4O7/c48-29-11-9-28(10-12-29)47-37(44(56)53(46(47)58)51-31-15-13-30(49)14-16-31)25-36-34(41(47)26-7-19-33(20-8-26)59-24-23-54)21-22-35-40(36)45(57)52(43(35)55)32-17-5-27(6-18-32)42-50-38-3-1-2-4-39(38)60-42/h1-21,35-37,40-41,51,54H,22-25H2. The third-order valence-corrected chi connectivity index (χ3v) is 12.7. The molecule has 6 aromatic rings. The van der Waals surface area contributed by atoms with E-state index in [-0.39, 0.29) is 37.9 Å². The number of rotatable bonds is 9. The molecule has 2 aliphatic carbocycles. The van der Waals surface area contributed by atoms with Crippen molar-refractivity contribution in [3.8, 4) is 17.2 Å². The van der Waals surface area contributed by atoms with E-state index >= 15 is 4.79 Å². The zero-order valence-corrected chi connectivity index (χ0v) is 32.6. The third-order valence-electron chi connectivity index (χ3n) is 12.5. The van der Waals surface area contributed by atoms with Crippen LogP contribution in [0.4, 0.5) is 15.8 Å². The SMILES string of the molecule is O=C1C2CC3C(=CCC4C(=O)N(c5ccc(-c6nc7ccccc7o6)cc5)C(=O)C43)C(c3ccc(OCCO)cc3)C2(c2ccc(Cl)cc2)C(=O)N1Nc1ccc(F)cc1. The van der Waals surface area contributed by atoms with Gasteiger partial charge in [-0.1, -0.05) is 59.6 Å². The van der Waals surface area contributed by atoms with Gasteiger partial charge in [-0.2, -0.15) is 5.01 Å². The van der Waals surface area contributed by atoms with Gasteiger partial charge in [0.1, 0.15) is 23.7 Å². The van der Waals surface area contributed by atoms with E-state index in [2.05, 4.69) is 10.4 Å². The molecule has 2 N–H and O–H groups in total. The second kappa shape index (κ2) is 14.6. The molecule has 1 aromatic heterocycles. The van der Waals surface area contributed by atoms with Crippen molar-refractivity contribution in [3.63, 3.8) is 0 Å². The number of halogens is 2. The molecule has 0 spiro atoms. The molecule has 5 aromatic carbocycles. The number of aromatic nitrogens is 1. The Hall–Kier alpha value is -6.63. The second-order valence-electron chi connectivity index (χ2n) is 15.6. The average molecular weight is 823 g/mol. The van der Waals surface area contributed by atoms with Gasteiger partial charge >= 0.3 is 0 Å². The highest BCUT2D eigenvalue weighted by Crippen LogP contribution is 2.64. The van der Waals surface area contributed by atoms with E-state index in [9.17, 15) is 23.9 Å². The summed E-state index contributed by atoms with van der Waals surface area (Å²) in [4.78, 5) is 65.3. The Kier molecular flexibility index (Phi) is 9.14. The Labute approximate surface area is 348 Å². The van der Waals surface area contributed by atoms with Crippen molar-refractivity contribution in [2.75, 3.05) is 23.5 Å². The van der Waals surface area contributed by atoms with Gasteiger partial charge in [-0.3, -0.25) is 29.5 Å². The Balaban J connectivity index is 1.07. The van der Waals surface area contributed by atoms with Crippen molar-refractivity contribution in [3.05, 3.63) is 155 Å². The molecule has 6 unspecified atom stereocenters. The number of ether oxygens (including phenoxy) is 1. The van der Waals surface area contributed by atoms with Crippen molar-refractivity contribution in [2.45, 2.75) is 24.2 Å². The van der Waals surface area contributed by atoms with Crippen LogP contribution in [0.5, 0.6) is 5.75 Å². The lowest BCUT2D eigenvalue weighted by molar-refractivity contribution is -0.138. The van der Waals surface area contributed by atoms with Gasteiger partial charge in [0.05, 0.1) is 41.2 Å². The number of allylic oxidation sites excluding steroid dienone is 2. The van der Waals surface area contributed by atoms with E-state index in [1.165, 1.54) is 29.2 Å². The van der Waals surface area contributed by atoms with E-state index in [1.807, 2.05) is 42.5 Å². The summed E-state index contributed by atoms with van der Waals surface area (Å²) in [5, 5.41) is 10.8. The largest absolute Gasteiger partial charge is 0.491 e. The van der Waals surface area contributed by atoms with Gasteiger partial charge < -0.3 is 14.3 Å². The van der Waals surface area contributed by atoms with Crippen LogP contribution in [0.2, 0.25) is 5.02 Å². The lowest BCUT2D eigenvalue weighted by Gasteiger charge is -2.50. The monoisotopic (exact) mass is 822 g/mol. The first kappa shape index (κ1) is 37.6. The van der Waals surface area contributed by atoms with Gasteiger partial charge in [0.15, 0.2) is 5.58 Å². The smallest absolute Gasteiger partial charge is 0.260 e. The molecule has 10 rings (SSSR count). The summed E-state index contributed by atoms with van der Waals surface area (Å²) in [6.07, 6.45) is 2.33. The van der Waals surface area contributed by atoms with E-state index in [1.54, 1.807) is 60.7 Å². The number of fused-ring (bicyclic) bond motifs is 5. The molecule has 13 heteroatoms. The van der Waals surface area contributed by atoms with Crippen molar-refractivity contribution in [1.82, 2.24) is 9.99 Å². The number of para-hydroxylation sites is 2. The molecule has 60 heavy (non-hydrogen) atoms. The predicted octanol–water partition coefficient (Wildman–Crippen LogP) is 7.85. The number of hydrogen-bond donors (Lipinski definition) is 2. The Bertz CT molecular complexity index is 2690. The molecular formula is C47H36ClFN4O7. The van der Waals surface area contributed by atoms with Crippen molar-refractivity contribution in [1.29, 1.82) is 0 Å². The first-order valence-corrected chi connectivity index (χ1v) is 20.1. The first-order chi connectivity index (χ1) is 29.2. The van der Waals surface area contributed by atoms with E-state index < -0.39 is 52.6 Å². The topological polar surface area (TPSA) is 142 Å². The van der Waals surface area contributed by atoms with Crippen LogP contribution in [0.15, 0.2) is 137 Å². The highest BCUT2D eigenvalue weighted by Gasteiger charge is 2.70. The maximum Gasteiger partial charge on any atom is 0.260 e. The molecule has 2 aliphatic heterocycles. The number of imide groups is 2. The van der Waals surface area contributed by atoms with Crippen molar-refractivity contribution >= 4 is 57.7 Å². The van der Waals surface area contributed by atoms with Crippen molar-refractivity contribution in [2.24, 2.45) is 23.7 Å². The van der Waals surface area contributed by atoms with Crippen LogP contribution in [0, 0.1) is 29.5 Å². The summed E-state index contributed by atoms with van der Waals surface area (Å²) in [5.41, 5.74) is 6.24. The van der Waals surface area contributed by atoms with Gasteiger partial charge in [0.25, 0.3) is 11.8 Å². The van der Waals surface area contributed by atoms with Crippen LogP contribution < -0.4 is 15.1 Å². The number of anilines is 2. The number of amides is 4. The Morgan fingerprint density at radius 2 is 1.58 bits per heavy atom. The van der Waals surface area contributed by atoms with Crippen LogP contribution in [-0.4, -0.2) is 51.9 Å². The molecule has 3 fully saturated rings. The lowest BCUT2D eigenvalue weighted by atomic mass is 9.49. The van der Waals surface area contributed by atoms with Gasteiger partial charge in [-0.15, -0.1) is 0 Å². The molecular weight excluding hydrogens is 787 g/mol. The summed E-state index contributed by atoms with van der Waals surface area (Å²) >= 11 is 6.41. The summed E-state index contributed by atoms with van der Waals surface area (Å²) in [6, 6.07) is 33.8. The van der Waals surface area contributed by atoms with Crippen LogP contribution in [-0.2, 0) is 24.6 Å². The average Bonchev–Trinajstić information content (AvgIpc) is 3.88. The number of nitrogens with one attached hydrogen (secondary N) is 1. The normalized spacial score (nSPS) is 24.6. The molecule has 300 valence electrons. The summed E-state index contributed by atoms with van der Waals surface area (Å²) < 4.78 is 25.6. The van der Waals surface area contributed by atoms with Crippen LogP contribution in [0.25, 0.3) is 22.6 Å². The van der Waals surface area contributed by atoms with Gasteiger partial charge in [0.2, 0.25) is 17.7 Å². The summed E-state index contributed by atoms with van der Waals surface area (Å²) in [6.45, 7) is -0.0954. The minimum absolute atomic E-state index is 0.0824. The van der Waals surface area contributed by atoms with E-state index in [0.29, 0.717) is 55.8 Å². The maximum absolute atomic E-state index is 15.4. The third kappa shape index (κ3) is 5.84. The van der Waals surface area contributed by atoms with Crippen LogP contribution >= 0.6 is 11.6 Å². The highest BCUT2D eigenvalue weighted by atomic mass is 35.5. The van der Waals surface area contributed by atoms with Crippen molar-refractivity contribution < 1.29 is 37.8 Å². The Morgan fingerprint density at radius 3 is 2.30 bits per heavy atom. The Morgan fingerprint density at radius 1 is 0.850 bits per heavy atom. The fourth-order valence-electron chi connectivity index (χ4n) is 9.95. The fraction of sp³-hybridized carbons (Fsp3) is 0.213. The van der Waals surface area contributed by atoms with Gasteiger partial charge in [0, 0.05) is 16.5 Å². The quantitative estimate of drug-likeness (QED) is 0.110. The molecule has 2 saturated heterocycles. The number of nitrogens with zero attached hydrogens (tertiary/aromatic N) is 3. The molecule has 3 heterocycles. The summed E-state index contributed by atoms with van der Waals surface area (Å²) in [5.74, 6) is -5.19.